The van der Waals surface area contributed by atoms with Crippen molar-refractivity contribution in [2.24, 2.45) is 4.99 Å². The van der Waals surface area contributed by atoms with Gasteiger partial charge in [-0.25, -0.2) is 0 Å². The summed E-state index contributed by atoms with van der Waals surface area (Å²) in [4.78, 5) is 29.8. The van der Waals surface area contributed by atoms with Gasteiger partial charge in [-0.3, -0.25) is 14.6 Å². The molecule has 5 nitrogen and oxygen atoms in total. The van der Waals surface area contributed by atoms with Crippen molar-refractivity contribution < 1.29 is 4.79 Å². The van der Waals surface area contributed by atoms with Crippen molar-refractivity contribution in [3.63, 3.8) is 0 Å². The van der Waals surface area contributed by atoms with Crippen LogP contribution in [-0.2, 0) is 17.6 Å². The molecular formula is C24H18ClN3O2. The molecule has 0 saturated heterocycles. The van der Waals surface area contributed by atoms with Crippen LogP contribution in [0.25, 0.3) is 11.1 Å². The van der Waals surface area contributed by atoms with Crippen molar-refractivity contribution in [1.29, 1.82) is 5.26 Å². The molecule has 0 aliphatic carbocycles. The molecule has 4 rings (SSSR count). The van der Waals surface area contributed by atoms with Crippen molar-refractivity contribution in [3.05, 3.63) is 86.8 Å². The molecule has 3 aromatic rings. The Hall–Kier alpha value is -3.49. The van der Waals surface area contributed by atoms with Gasteiger partial charge in [-0.1, -0.05) is 23.7 Å². The Bertz CT molecular complexity index is 1280. The van der Waals surface area contributed by atoms with Crippen molar-refractivity contribution in [2.45, 2.75) is 25.8 Å². The van der Waals surface area contributed by atoms with Gasteiger partial charge in [-0.2, -0.15) is 5.26 Å². The number of ketones is 1. The Labute approximate surface area is 178 Å². The smallest absolute Gasteiger partial charge is 0.251 e. The number of nitriles is 1. The predicted molar refractivity (Wildman–Crippen MR) is 118 cm³/mol. The first kappa shape index (κ1) is 19.8. The van der Waals surface area contributed by atoms with Gasteiger partial charge in [0, 0.05) is 41.9 Å². The van der Waals surface area contributed by atoms with Crippen molar-refractivity contribution in [3.8, 4) is 17.2 Å². The van der Waals surface area contributed by atoms with E-state index in [2.05, 4.69) is 11.1 Å². The van der Waals surface area contributed by atoms with E-state index >= 15 is 0 Å². The van der Waals surface area contributed by atoms with Crippen LogP contribution in [0.2, 0.25) is 5.02 Å². The Morgan fingerprint density at radius 2 is 2.07 bits per heavy atom. The number of rotatable bonds is 5. The summed E-state index contributed by atoms with van der Waals surface area (Å²) in [6.07, 6.45) is 4.48. The highest BCUT2D eigenvalue weighted by Gasteiger charge is 2.18. The fraction of sp³-hybridized carbons (Fsp3) is 0.167. The summed E-state index contributed by atoms with van der Waals surface area (Å²) in [5.74, 6) is -0.0517. The molecule has 2 heterocycles. The molecule has 0 radical (unpaired) electrons. The van der Waals surface area contributed by atoms with Gasteiger partial charge in [0.2, 0.25) is 0 Å². The van der Waals surface area contributed by atoms with Crippen LogP contribution in [0.4, 0.5) is 5.69 Å². The molecule has 1 aliphatic heterocycles. The molecule has 0 N–H and O–H groups in total. The van der Waals surface area contributed by atoms with Gasteiger partial charge in [0.15, 0.2) is 5.78 Å². The lowest BCUT2D eigenvalue weighted by atomic mass is 10.00. The molecular weight excluding hydrogens is 398 g/mol. The lowest BCUT2D eigenvalue weighted by Crippen LogP contribution is -2.28. The van der Waals surface area contributed by atoms with Crippen molar-refractivity contribution >= 4 is 29.3 Å². The van der Waals surface area contributed by atoms with E-state index in [1.54, 1.807) is 37.4 Å². The predicted octanol–water partition coefficient (Wildman–Crippen LogP) is 4.67. The molecule has 0 fully saturated rings. The Morgan fingerprint density at radius 3 is 2.83 bits per heavy atom. The van der Waals surface area contributed by atoms with Gasteiger partial charge in [0.25, 0.3) is 5.56 Å². The number of aromatic nitrogens is 1. The number of Topliss-reactive ketones (excluding diaryl/α,β-unsaturated/α-hetero) is 1. The third-order valence-corrected chi connectivity index (χ3v) is 5.54. The Kier molecular flexibility index (Phi) is 5.35. The lowest BCUT2D eigenvalue weighted by Gasteiger charge is -2.15. The highest BCUT2D eigenvalue weighted by molar-refractivity contribution is 6.30. The standard InChI is InChI=1S/C24H18ClN3O2/c1-15(23(29)11-16-2-5-22-18(10-16)6-8-27-22)28-9-7-17(12-24(28)30)21-13-20(25)4-3-19(21)14-26/h2-5,7-10,12-13,15H,6,11H2,1H3. The van der Waals surface area contributed by atoms with E-state index in [1.807, 2.05) is 24.4 Å². The molecule has 2 aromatic carbocycles. The van der Waals surface area contributed by atoms with Gasteiger partial charge in [-0.05, 0) is 53.9 Å². The first-order valence-electron chi connectivity index (χ1n) is 9.55. The van der Waals surface area contributed by atoms with E-state index in [4.69, 9.17) is 11.6 Å². The normalized spacial score (nSPS) is 13.0. The molecule has 1 aliphatic rings. The summed E-state index contributed by atoms with van der Waals surface area (Å²) in [6.45, 7) is 1.72. The molecule has 0 spiro atoms. The number of carbonyl (C=O) groups is 1. The average molecular weight is 416 g/mol. The number of pyridine rings is 1. The first-order valence-corrected chi connectivity index (χ1v) is 9.93. The maximum Gasteiger partial charge on any atom is 0.251 e. The minimum Gasteiger partial charge on any atom is -0.305 e. The largest absolute Gasteiger partial charge is 0.305 e. The van der Waals surface area contributed by atoms with Crippen molar-refractivity contribution in [1.82, 2.24) is 4.57 Å². The minimum atomic E-state index is -0.606. The number of nitrogens with zero attached hydrogens (tertiary/aromatic N) is 3. The molecule has 0 amide bonds. The number of benzene rings is 2. The van der Waals surface area contributed by atoms with E-state index < -0.39 is 6.04 Å². The van der Waals surface area contributed by atoms with Crippen molar-refractivity contribution in [2.75, 3.05) is 0 Å². The molecule has 6 heteroatoms. The second-order valence-corrected chi connectivity index (χ2v) is 7.70. The number of carbonyl (C=O) groups excluding carboxylic acids is 1. The molecule has 0 saturated carbocycles. The second kappa shape index (κ2) is 8.10. The number of hydrogen-bond donors (Lipinski definition) is 0. The van der Waals surface area contributed by atoms with Crippen LogP contribution in [0.1, 0.15) is 29.7 Å². The summed E-state index contributed by atoms with van der Waals surface area (Å²) in [5, 5.41) is 9.81. The number of aliphatic imine (C=N–C) groups is 1. The van der Waals surface area contributed by atoms with E-state index in [-0.39, 0.29) is 17.8 Å². The van der Waals surface area contributed by atoms with Gasteiger partial charge < -0.3 is 4.57 Å². The summed E-state index contributed by atoms with van der Waals surface area (Å²) in [5.41, 5.74) is 4.29. The quantitative estimate of drug-likeness (QED) is 0.607. The lowest BCUT2D eigenvalue weighted by molar-refractivity contribution is -0.121. The molecule has 30 heavy (non-hydrogen) atoms. The third kappa shape index (κ3) is 3.83. The van der Waals surface area contributed by atoms with E-state index in [0.29, 0.717) is 21.7 Å². The van der Waals surface area contributed by atoms with E-state index in [0.717, 1.165) is 23.2 Å². The molecule has 1 unspecified atom stereocenters. The average Bonchev–Trinajstić information content (AvgIpc) is 3.21. The van der Waals surface area contributed by atoms with Gasteiger partial charge >= 0.3 is 0 Å². The molecule has 1 atom stereocenters. The monoisotopic (exact) mass is 415 g/mol. The topological polar surface area (TPSA) is 75.2 Å². The Morgan fingerprint density at radius 1 is 1.23 bits per heavy atom. The highest BCUT2D eigenvalue weighted by atomic mass is 35.5. The first-order chi connectivity index (χ1) is 14.5. The summed E-state index contributed by atoms with van der Waals surface area (Å²) in [6, 6.07) is 15.4. The molecule has 1 aromatic heterocycles. The minimum absolute atomic E-state index is 0.0517. The zero-order valence-corrected chi connectivity index (χ0v) is 17.1. The fourth-order valence-corrected chi connectivity index (χ4v) is 3.79. The second-order valence-electron chi connectivity index (χ2n) is 7.26. The van der Waals surface area contributed by atoms with Crippen LogP contribution >= 0.6 is 11.6 Å². The third-order valence-electron chi connectivity index (χ3n) is 5.31. The zero-order valence-electron chi connectivity index (χ0n) is 16.3. The zero-order chi connectivity index (χ0) is 21.3. The van der Waals surface area contributed by atoms with Crippen LogP contribution in [-0.4, -0.2) is 16.6 Å². The van der Waals surface area contributed by atoms with Crippen LogP contribution in [0.5, 0.6) is 0 Å². The summed E-state index contributed by atoms with van der Waals surface area (Å²) < 4.78 is 1.42. The number of halogens is 1. The summed E-state index contributed by atoms with van der Waals surface area (Å²) in [7, 11) is 0. The SMILES string of the molecule is CC(C(=O)Cc1ccc2c(c1)CC=N2)n1ccc(-c2cc(Cl)ccc2C#N)cc1=O. The van der Waals surface area contributed by atoms with Gasteiger partial charge in [0.05, 0.1) is 23.4 Å². The molecule has 0 bridgehead atoms. The van der Waals surface area contributed by atoms with Gasteiger partial charge in [0.1, 0.15) is 0 Å². The highest BCUT2D eigenvalue weighted by Crippen LogP contribution is 2.27. The molecule has 148 valence electrons. The van der Waals surface area contributed by atoms with Crippen LogP contribution in [0, 0.1) is 11.3 Å². The van der Waals surface area contributed by atoms with E-state index in [9.17, 15) is 14.9 Å². The summed E-state index contributed by atoms with van der Waals surface area (Å²) >= 11 is 6.05. The van der Waals surface area contributed by atoms with E-state index in [1.165, 1.54) is 10.6 Å². The number of fused-ring (bicyclic) bond motifs is 1. The van der Waals surface area contributed by atoms with Crippen LogP contribution in [0.15, 0.2) is 64.5 Å². The fourth-order valence-electron chi connectivity index (χ4n) is 3.61. The maximum absolute atomic E-state index is 12.8. The maximum atomic E-state index is 12.8. The van der Waals surface area contributed by atoms with Gasteiger partial charge in [-0.15, -0.1) is 0 Å². The van der Waals surface area contributed by atoms with Crippen LogP contribution < -0.4 is 5.56 Å². The number of hydrogen-bond acceptors (Lipinski definition) is 4. The van der Waals surface area contributed by atoms with Crippen LogP contribution in [0.3, 0.4) is 0 Å². The Balaban J connectivity index is 1.57.